The Morgan fingerprint density at radius 2 is 1.62 bits per heavy atom. The summed E-state index contributed by atoms with van der Waals surface area (Å²) < 4.78 is 0. The molecule has 0 spiro atoms. The van der Waals surface area contributed by atoms with Crippen molar-refractivity contribution in [3.05, 3.63) is 0 Å². The van der Waals surface area contributed by atoms with E-state index in [0.29, 0.717) is 6.54 Å². The Bertz CT molecular complexity index is 126. The number of rotatable bonds is 0. The number of carbonyl (C=O) groups excluding carboxylic acids is 1. The molecule has 4 heteroatoms. The molecule has 1 amide bonds. The summed E-state index contributed by atoms with van der Waals surface area (Å²) in [6.07, 6.45) is 4.22. The second-order valence-corrected chi connectivity index (χ2v) is 3.34. The summed E-state index contributed by atoms with van der Waals surface area (Å²) in [4.78, 5) is 10.3. The summed E-state index contributed by atoms with van der Waals surface area (Å²) in [5.74, 6) is 0.103. The smallest absolute Gasteiger partial charge is 0.234 e. The van der Waals surface area contributed by atoms with Crippen LogP contribution in [-0.4, -0.2) is 38.6 Å². The van der Waals surface area contributed by atoms with Crippen LogP contribution in [-0.2, 0) is 4.79 Å². The fourth-order valence-electron chi connectivity index (χ4n) is 1.36. The van der Waals surface area contributed by atoms with Gasteiger partial charge < -0.3 is 16.0 Å². The molecule has 0 aromatic rings. The second kappa shape index (κ2) is 6.86. The summed E-state index contributed by atoms with van der Waals surface area (Å²) in [5, 5.41) is 8.89. The molecule has 13 heavy (non-hydrogen) atoms. The molecule has 2 heterocycles. The number of hydrogen-bond donors (Lipinski definition) is 3. The van der Waals surface area contributed by atoms with Gasteiger partial charge in [-0.2, -0.15) is 0 Å². The van der Waals surface area contributed by atoms with Crippen LogP contribution in [0.3, 0.4) is 0 Å². The number of piperidine rings is 1. The molecule has 2 saturated heterocycles. The van der Waals surface area contributed by atoms with Crippen molar-refractivity contribution in [1.82, 2.24) is 16.0 Å². The Labute approximate surface area is 79.5 Å². The van der Waals surface area contributed by atoms with Crippen molar-refractivity contribution in [3.8, 4) is 0 Å². The van der Waals surface area contributed by atoms with Gasteiger partial charge in [0.25, 0.3) is 0 Å². The summed E-state index contributed by atoms with van der Waals surface area (Å²) in [5.41, 5.74) is 0. The topological polar surface area (TPSA) is 53.2 Å². The zero-order valence-corrected chi connectivity index (χ0v) is 8.07. The Morgan fingerprint density at radius 1 is 0.846 bits per heavy atom. The molecule has 0 unspecified atom stereocenters. The molecular weight excluding hydrogens is 166 g/mol. The van der Waals surface area contributed by atoms with Crippen LogP contribution in [0.5, 0.6) is 0 Å². The van der Waals surface area contributed by atoms with E-state index in [4.69, 9.17) is 0 Å². The van der Waals surface area contributed by atoms with Gasteiger partial charge in [-0.25, -0.2) is 0 Å². The van der Waals surface area contributed by atoms with Gasteiger partial charge in [0.05, 0.1) is 6.54 Å². The van der Waals surface area contributed by atoms with Gasteiger partial charge in [0.1, 0.15) is 0 Å². The average Bonchev–Trinajstić information content (AvgIpc) is 2.22. The molecule has 0 radical (unpaired) electrons. The zero-order valence-electron chi connectivity index (χ0n) is 8.07. The van der Waals surface area contributed by atoms with Crippen LogP contribution in [0.2, 0.25) is 0 Å². The summed E-state index contributed by atoms with van der Waals surface area (Å²) in [7, 11) is 0. The van der Waals surface area contributed by atoms with Crippen molar-refractivity contribution < 1.29 is 4.79 Å². The van der Waals surface area contributed by atoms with Gasteiger partial charge in [0, 0.05) is 13.1 Å². The molecule has 0 aromatic heterocycles. The van der Waals surface area contributed by atoms with E-state index in [-0.39, 0.29) is 5.91 Å². The Balaban J connectivity index is 0.000000132. The molecule has 2 aliphatic heterocycles. The van der Waals surface area contributed by atoms with Gasteiger partial charge in [-0.1, -0.05) is 6.42 Å². The van der Waals surface area contributed by atoms with Crippen molar-refractivity contribution in [1.29, 1.82) is 0 Å². The lowest BCUT2D eigenvalue weighted by molar-refractivity contribution is -0.121. The van der Waals surface area contributed by atoms with Gasteiger partial charge in [-0.05, 0) is 25.9 Å². The molecule has 0 aliphatic carbocycles. The van der Waals surface area contributed by atoms with E-state index in [1.807, 2.05) is 0 Å². The highest BCUT2D eigenvalue weighted by Gasteiger charge is 2.02. The van der Waals surface area contributed by atoms with Crippen LogP contribution in [0.1, 0.15) is 19.3 Å². The molecule has 2 fully saturated rings. The van der Waals surface area contributed by atoms with Crippen LogP contribution < -0.4 is 16.0 Å². The first-order valence-electron chi connectivity index (χ1n) is 5.08. The van der Waals surface area contributed by atoms with Crippen LogP contribution >= 0.6 is 0 Å². The number of hydrogen-bond acceptors (Lipinski definition) is 3. The highest BCUT2D eigenvalue weighted by atomic mass is 16.2. The average molecular weight is 185 g/mol. The summed E-state index contributed by atoms with van der Waals surface area (Å²) >= 11 is 0. The third kappa shape index (κ3) is 5.60. The fourth-order valence-corrected chi connectivity index (χ4v) is 1.36. The lowest BCUT2D eigenvalue weighted by Crippen LogP contribution is -2.44. The highest BCUT2D eigenvalue weighted by molar-refractivity contribution is 5.78. The molecule has 0 bridgehead atoms. The first-order chi connectivity index (χ1) is 6.39. The minimum Gasteiger partial charge on any atom is -0.354 e. The van der Waals surface area contributed by atoms with Gasteiger partial charge in [-0.3, -0.25) is 4.79 Å². The van der Waals surface area contributed by atoms with E-state index in [2.05, 4.69) is 16.0 Å². The fraction of sp³-hybridized carbons (Fsp3) is 0.889. The number of carbonyl (C=O) groups is 1. The molecule has 4 nitrogen and oxygen atoms in total. The minimum absolute atomic E-state index is 0.103. The highest BCUT2D eigenvalue weighted by Crippen LogP contribution is 1.96. The van der Waals surface area contributed by atoms with Gasteiger partial charge in [0.2, 0.25) is 5.91 Å². The van der Waals surface area contributed by atoms with Gasteiger partial charge in [-0.15, -0.1) is 0 Å². The Hall–Kier alpha value is -0.610. The van der Waals surface area contributed by atoms with E-state index >= 15 is 0 Å². The van der Waals surface area contributed by atoms with Crippen molar-refractivity contribution in [2.75, 3.05) is 32.7 Å². The predicted molar refractivity (Wildman–Crippen MR) is 52.6 cm³/mol. The molecule has 3 N–H and O–H groups in total. The van der Waals surface area contributed by atoms with Crippen molar-refractivity contribution in [2.24, 2.45) is 0 Å². The molecule has 76 valence electrons. The third-order valence-corrected chi connectivity index (χ3v) is 2.12. The minimum atomic E-state index is 0.103. The lowest BCUT2D eigenvalue weighted by Gasteiger charge is -2.11. The van der Waals surface area contributed by atoms with Crippen LogP contribution in [0.15, 0.2) is 0 Å². The van der Waals surface area contributed by atoms with E-state index in [0.717, 1.165) is 13.1 Å². The van der Waals surface area contributed by atoms with Crippen molar-refractivity contribution in [2.45, 2.75) is 19.3 Å². The van der Waals surface area contributed by atoms with Gasteiger partial charge in [0.15, 0.2) is 0 Å². The van der Waals surface area contributed by atoms with Crippen LogP contribution in [0.4, 0.5) is 0 Å². The molecule has 2 rings (SSSR count). The maximum Gasteiger partial charge on any atom is 0.234 e. The molecule has 0 aromatic carbocycles. The van der Waals surface area contributed by atoms with E-state index in [1.54, 1.807) is 0 Å². The summed E-state index contributed by atoms with van der Waals surface area (Å²) in [6.45, 7) is 4.67. The summed E-state index contributed by atoms with van der Waals surface area (Å²) in [6, 6.07) is 0. The molecule has 2 aliphatic rings. The van der Waals surface area contributed by atoms with Crippen molar-refractivity contribution >= 4 is 5.91 Å². The van der Waals surface area contributed by atoms with Crippen LogP contribution in [0.25, 0.3) is 0 Å². The zero-order chi connectivity index (χ0) is 9.36. The maximum absolute atomic E-state index is 10.3. The molecular formula is C9H19N3O. The van der Waals surface area contributed by atoms with E-state index < -0.39 is 0 Å². The molecule has 0 atom stereocenters. The second-order valence-electron chi connectivity index (χ2n) is 3.34. The third-order valence-electron chi connectivity index (χ3n) is 2.12. The number of amides is 1. The maximum atomic E-state index is 10.3. The lowest BCUT2D eigenvalue weighted by atomic mass is 10.2. The molecule has 0 saturated carbocycles. The largest absolute Gasteiger partial charge is 0.354 e. The monoisotopic (exact) mass is 185 g/mol. The Kier molecular flexibility index (Phi) is 5.52. The SMILES string of the molecule is C1CCNCC1.O=C1CNCCN1. The standard InChI is InChI=1S/C5H11N.C4H8N2O/c1-2-4-6-5-3-1;7-4-3-5-1-2-6-4/h6H,1-5H2;5H,1-3H2,(H,6,7). The predicted octanol–water partition coefficient (Wildman–Crippen LogP) is -0.534. The van der Waals surface area contributed by atoms with Crippen molar-refractivity contribution in [3.63, 3.8) is 0 Å². The first-order valence-corrected chi connectivity index (χ1v) is 5.08. The number of nitrogens with one attached hydrogen (secondary N) is 3. The number of piperazine rings is 1. The first kappa shape index (κ1) is 10.5. The van der Waals surface area contributed by atoms with E-state index in [1.165, 1.54) is 32.4 Å². The Morgan fingerprint density at radius 3 is 1.85 bits per heavy atom. The van der Waals surface area contributed by atoms with Crippen LogP contribution in [0, 0.1) is 0 Å². The van der Waals surface area contributed by atoms with E-state index in [9.17, 15) is 4.79 Å². The normalized spacial score (nSPS) is 22.6. The quantitative estimate of drug-likeness (QED) is 0.475. The van der Waals surface area contributed by atoms with Gasteiger partial charge >= 0.3 is 0 Å².